The topological polar surface area (TPSA) is 21.3 Å². The molecule has 2 rings (SSSR count). The van der Waals surface area contributed by atoms with E-state index in [1.165, 1.54) is 38.2 Å². The Morgan fingerprint density at radius 2 is 1.78 bits per heavy atom. The number of unbranched alkanes of at least 4 members (excludes halogenated alkanes) is 5. The van der Waals surface area contributed by atoms with E-state index in [-0.39, 0.29) is 12.4 Å². The number of benzene rings is 2. The second-order valence-electron chi connectivity index (χ2n) is 6.69. The first kappa shape index (κ1) is 22.0. The van der Waals surface area contributed by atoms with Crippen LogP contribution in [0, 0.1) is 5.82 Å². The second-order valence-corrected chi connectivity index (χ2v) is 7.53. The fourth-order valence-corrected chi connectivity index (χ4v) is 3.31. The molecule has 0 aromatic heterocycles. The van der Waals surface area contributed by atoms with E-state index >= 15 is 0 Å². The summed E-state index contributed by atoms with van der Waals surface area (Å²) in [4.78, 5) is 0. The van der Waals surface area contributed by atoms with Crippen molar-refractivity contribution in [3.63, 3.8) is 0 Å². The molecule has 0 fully saturated rings. The van der Waals surface area contributed by atoms with Crippen LogP contribution in [0.5, 0.6) is 5.75 Å². The van der Waals surface area contributed by atoms with Gasteiger partial charge in [-0.25, -0.2) is 4.39 Å². The van der Waals surface area contributed by atoms with Crippen LogP contribution in [0.2, 0.25) is 10.0 Å². The zero-order valence-electron chi connectivity index (χ0n) is 15.9. The Morgan fingerprint density at radius 3 is 2.56 bits per heavy atom. The summed E-state index contributed by atoms with van der Waals surface area (Å²) < 4.78 is 19.8. The molecule has 5 heteroatoms. The lowest BCUT2D eigenvalue weighted by molar-refractivity contribution is 0.296. The molecule has 2 nitrogen and oxygen atoms in total. The van der Waals surface area contributed by atoms with Gasteiger partial charge in [0.05, 0.1) is 5.02 Å². The predicted molar refractivity (Wildman–Crippen MR) is 112 cm³/mol. The first-order valence-corrected chi connectivity index (χ1v) is 10.4. The van der Waals surface area contributed by atoms with Crippen molar-refractivity contribution in [2.24, 2.45) is 0 Å². The average Bonchev–Trinajstić information content (AvgIpc) is 2.65. The Morgan fingerprint density at radius 1 is 1.00 bits per heavy atom. The molecule has 27 heavy (non-hydrogen) atoms. The molecule has 0 spiro atoms. The van der Waals surface area contributed by atoms with Crippen LogP contribution < -0.4 is 10.1 Å². The minimum absolute atomic E-state index is 0.0809. The third-order valence-corrected chi connectivity index (χ3v) is 5.07. The van der Waals surface area contributed by atoms with Crippen molar-refractivity contribution in [2.45, 2.75) is 58.6 Å². The Balaban J connectivity index is 1.85. The maximum absolute atomic E-state index is 13.9. The van der Waals surface area contributed by atoms with Crippen LogP contribution in [0.3, 0.4) is 0 Å². The van der Waals surface area contributed by atoms with Crippen molar-refractivity contribution in [1.29, 1.82) is 0 Å². The molecule has 0 aliphatic carbocycles. The van der Waals surface area contributed by atoms with Gasteiger partial charge in [0.25, 0.3) is 0 Å². The number of hydrogen-bond donors (Lipinski definition) is 1. The first-order valence-electron chi connectivity index (χ1n) is 9.66. The van der Waals surface area contributed by atoms with E-state index in [0.717, 1.165) is 18.5 Å². The summed E-state index contributed by atoms with van der Waals surface area (Å²) in [5.41, 5.74) is 1.32. The molecule has 0 saturated carbocycles. The van der Waals surface area contributed by atoms with Gasteiger partial charge in [0.2, 0.25) is 0 Å². The standard InChI is InChI=1S/C22H28Cl2FNO/c1-2-3-4-5-6-7-13-26-15-17-14-18(23)11-12-22(17)27-16-19-20(24)9-8-10-21(19)25/h8-12,14,26H,2-7,13,15-16H2,1H3. The quantitative estimate of drug-likeness (QED) is 0.374. The van der Waals surface area contributed by atoms with Crippen molar-refractivity contribution in [2.75, 3.05) is 6.54 Å². The van der Waals surface area contributed by atoms with Gasteiger partial charge in [0, 0.05) is 22.7 Å². The highest BCUT2D eigenvalue weighted by Crippen LogP contribution is 2.26. The summed E-state index contributed by atoms with van der Waals surface area (Å²) in [6.07, 6.45) is 7.62. The molecule has 0 heterocycles. The molecular formula is C22H28Cl2FNO. The molecule has 0 amide bonds. The fourth-order valence-electron chi connectivity index (χ4n) is 2.90. The van der Waals surface area contributed by atoms with Gasteiger partial charge in [-0.3, -0.25) is 0 Å². The molecule has 1 N–H and O–H groups in total. The van der Waals surface area contributed by atoms with Crippen LogP contribution in [0.25, 0.3) is 0 Å². The number of hydrogen-bond acceptors (Lipinski definition) is 2. The Bertz CT molecular complexity index is 688. The summed E-state index contributed by atoms with van der Waals surface area (Å²) >= 11 is 12.2. The van der Waals surface area contributed by atoms with Crippen LogP contribution in [0.1, 0.15) is 56.6 Å². The summed E-state index contributed by atoms with van der Waals surface area (Å²) in [6.45, 7) is 3.93. The molecule has 0 unspecified atom stereocenters. The summed E-state index contributed by atoms with van der Waals surface area (Å²) in [5, 5.41) is 4.46. The molecule has 2 aromatic carbocycles. The lowest BCUT2D eigenvalue weighted by Gasteiger charge is -2.14. The van der Waals surface area contributed by atoms with Crippen molar-refractivity contribution < 1.29 is 9.13 Å². The van der Waals surface area contributed by atoms with Crippen LogP contribution in [-0.2, 0) is 13.2 Å². The maximum atomic E-state index is 13.9. The minimum atomic E-state index is -0.362. The molecule has 0 radical (unpaired) electrons. The monoisotopic (exact) mass is 411 g/mol. The van der Waals surface area contributed by atoms with Crippen molar-refractivity contribution in [3.8, 4) is 5.75 Å². The number of ether oxygens (including phenoxy) is 1. The van der Waals surface area contributed by atoms with Crippen molar-refractivity contribution in [1.82, 2.24) is 5.32 Å². The van der Waals surface area contributed by atoms with Crippen LogP contribution >= 0.6 is 23.2 Å². The van der Waals surface area contributed by atoms with Crippen LogP contribution in [0.15, 0.2) is 36.4 Å². The summed E-state index contributed by atoms with van der Waals surface area (Å²) in [5.74, 6) is 0.327. The first-order chi connectivity index (χ1) is 13.1. The van der Waals surface area contributed by atoms with Gasteiger partial charge >= 0.3 is 0 Å². The smallest absolute Gasteiger partial charge is 0.131 e. The number of rotatable bonds is 12. The van der Waals surface area contributed by atoms with Crippen molar-refractivity contribution in [3.05, 3.63) is 63.4 Å². The van der Waals surface area contributed by atoms with Crippen molar-refractivity contribution >= 4 is 23.2 Å². The maximum Gasteiger partial charge on any atom is 0.131 e. The normalized spacial score (nSPS) is 11.0. The highest BCUT2D eigenvalue weighted by molar-refractivity contribution is 6.31. The SMILES string of the molecule is CCCCCCCCNCc1cc(Cl)ccc1OCc1c(F)cccc1Cl. The highest BCUT2D eigenvalue weighted by Gasteiger charge is 2.10. The summed E-state index contributed by atoms with van der Waals surface area (Å²) in [6, 6.07) is 10.1. The van der Waals surface area contributed by atoms with Gasteiger partial charge in [0.15, 0.2) is 0 Å². The minimum Gasteiger partial charge on any atom is -0.488 e. The lowest BCUT2D eigenvalue weighted by Crippen LogP contribution is -2.15. The van der Waals surface area contributed by atoms with E-state index in [1.807, 2.05) is 12.1 Å². The zero-order chi connectivity index (χ0) is 19.5. The average molecular weight is 412 g/mol. The zero-order valence-corrected chi connectivity index (χ0v) is 17.4. The van der Waals surface area contributed by atoms with Gasteiger partial charge in [-0.2, -0.15) is 0 Å². The largest absolute Gasteiger partial charge is 0.488 e. The van der Waals surface area contributed by atoms with Gasteiger partial charge in [-0.05, 0) is 43.3 Å². The van der Waals surface area contributed by atoms with E-state index in [4.69, 9.17) is 27.9 Å². The molecule has 0 bridgehead atoms. The van der Waals surface area contributed by atoms with Crippen LogP contribution in [-0.4, -0.2) is 6.54 Å². The molecule has 148 valence electrons. The van der Waals surface area contributed by atoms with Crippen LogP contribution in [0.4, 0.5) is 4.39 Å². The van der Waals surface area contributed by atoms with E-state index < -0.39 is 0 Å². The second kappa shape index (κ2) is 12.2. The molecule has 0 saturated heterocycles. The third-order valence-electron chi connectivity index (χ3n) is 4.48. The van der Waals surface area contributed by atoms with Gasteiger partial charge in [-0.15, -0.1) is 0 Å². The summed E-state index contributed by atoms with van der Waals surface area (Å²) in [7, 11) is 0. The fraction of sp³-hybridized carbons (Fsp3) is 0.455. The van der Waals surface area contributed by atoms with Gasteiger partial charge in [-0.1, -0.05) is 68.3 Å². The number of halogens is 3. The lowest BCUT2D eigenvalue weighted by atomic mass is 10.1. The molecule has 0 aliphatic heterocycles. The van der Waals surface area contributed by atoms with Gasteiger partial charge < -0.3 is 10.1 Å². The molecular weight excluding hydrogens is 384 g/mol. The molecule has 2 aromatic rings. The van der Waals surface area contributed by atoms with E-state index in [0.29, 0.717) is 27.9 Å². The Hall–Kier alpha value is -1.29. The van der Waals surface area contributed by atoms with E-state index in [1.54, 1.807) is 18.2 Å². The Labute approximate surface area is 172 Å². The number of nitrogens with one attached hydrogen (secondary N) is 1. The molecule has 0 atom stereocenters. The molecule has 0 aliphatic rings. The van der Waals surface area contributed by atoms with Gasteiger partial charge in [0.1, 0.15) is 18.2 Å². The highest BCUT2D eigenvalue weighted by atomic mass is 35.5. The predicted octanol–water partition coefficient (Wildman–Crippen LogP) is 7.16. The van der Waals surface area contributed by atoms with E-state index in [2.05, 4.69) is 12.2 Å². The van der Waals surface area contributed by atoms with E-state index in [9.17, 15) is 4.39 Å². The Kier molecular flexibility index (Phi) is 9.96. The third kappa shape index (κ3) is 7.69.